The minimum Gasteiger partial charge on any atom is -0.368 e. The maximum Gasteiger partial charge on any atom is 0.108 e. The molecule has 1 unspecified atom stereocenters. The van der Waals surface area contributed by atoms with Crippen molar-refractivity contribution < 1.29 is 4.74 Å². The molecule has 0 fully saturated rings. The molecule has 0 heterocycles. The molecule has 0 N–H and O–H groups in total. The molecule has 1 nitrogen and oxygen atoms in total. The first kappa shape index (κ1) is 13.3. The minimum absolute atomic E-state index is 0.0185. The molecule has 2 rings (SSSR count). The monoisotopic (exact) mass is 304 g/mol. The lowest BCUT2D eigenvalue weighted by Crippen LogP contribution is -2.09. The van der Waals surface area contributed by atoms with Crippen molar-refractivity contribution >= 4 is 15.9 Å². The summed E-state index contributed by atoms with van der Waals surface area (Å²) in [6, 6.07) is 18.8. The molecule has 0 amide bonds. The van der Waals surface area contributed by atoms with Crippen LogP contribution in [0.4, 0.5) is 0 Å². The predicted molar refractivity (Wildman–Crippen MR) is 79.2 cm³/mol. The van der Waals surface area contributed by atoms with Crippen LogP contribution in [0.3, 0.4) is 0 Å². The van der Waals surface area contributed by atoms with Crippen molar-refractivity contribution in [2.24, 2.45) is 0 Å². The van der Waals surface area contributed by atoms with Gasteiger partial charge in [0.05, 0.1) is 6.61 Å². The van der Waals surface area contributed by atoms with E-state index >= 15 is 0 Å². The Morgan fingerprint density at radius 3 is 2.33 bits per heavy atom. The molecule has 0 radical (unpaired) electrons. The van der Waals surface area contributed by atoms with E-state index in [1.54, 1.807) is 0 Å². The van der Waals surface area contributed by atoms with Crippen LogP contribution in [0.1, 0.15) is 22.8 Å². The van der Waals surface area contributed by atoms with E-state index in [4.69, 9.17) is 4.74 Å². The number of ether oxygens (including phenoxy) is 1. The van der Waals surface area contributed by atoms with Gasteiger partial charge in [0.15, 0.2) is 0 Å². The number of alkyl halides is 1. The largest absolute Gasteiger partial charge is 0.368 e. The van der Waals surface area contributed by atoms with Gasteiger partial charge < -0.3 is 4.74 Å². The summed E-state index contributed by atoms with van der Waals surface area (Å²) < 4.78 is 6.00. The Balaban J connectivity index is 2.34. The number of aryl methyl sites for hydroxylation is 1. The number of benzene rings is 2. The summed E-state index contributed by atoms with van der Waals surface area (Å²) in [7, 11) is 0. The zero-order chi connectivity index (χ0) is 12.8. The van der Waals surface area contributed by atoms with Gasteiger partial charge in [0.2, 0.25) is 0 Å². The summed E-state index contributed by atoms with van der Waals surface area (Å²) in [6.45, 7) is 2.83. The van der Waals surface area contributed by atoms with E-state index in [1.807, 2.05) is 6.07 Å². The molecule has 0 bridgehead atoms. The molecule has 0 aliphatic carbocycles. The van der Waals surface area contributed by atoms with Crippen molar-refractivity contribution in [1.29, 1.82) is 0 Å². The first-order valence-corrected chi connectivity index (χ1v) is 7.23. The minimum atomic E-state index is 0.0185. The van der Waals surface area contributed by atoms with Gasteiger partial charge in [-0.2, -0.15) is 0 Å². The molecule has 0 spiro atoms. The van der Waals surface area contributed by atoms with Crippen LogP contribution in [0, 0.1) is 6.92 Å². The van der Waals surface area contributed by atoms with E-state index in [1.165, 1.54) is 16.7 Å². The second-order valence-corrected chi connectivity index (χ2v) is 5.00. The predicted octanol–water partition coefficient (Wildman–Crippen LogP) is 4.50. The summed E-state index contributed by atoms with van der Waals surface area (Å²) in [4.78, 5) is 0. The van der Waals surface area contributed by atoms with E-state index in [-0.39, 0.29) is 6.10 Å². The molecule has 0 saturated carbocycles. The Labute approximate surface area is 117 Å². The first-order valence-electron chi connectivity index (χ1n) is 6.11. The number of halogens is 1. The lowest BCUT2D eigenvalue weighted by Gasteiger charge is -2.20. The fourth-order valence-corrected chi connectivity index (χ4v) is 2.22. The van der Waals surface area contributed by atoms with Crippen LogP contribution < -0.4 is 0 Å². The van der Waals surface area contributed by atoms with Gasteiger partial charge in [-0.3, -0.25) is 0 Å². The average Bonchev–Trinajstić information content (AvgIpc) is 2.42. The molecular formula is C16H17BrO. The molecule has 0 aliphatic rings. The highest BCUT2D eigenvalue weighted by Gasteiger charge is 2.15. The molecule has 0 saturated heterocycles. The van der Waals surface area contributed by atoms with E-state index in [9.17, 15) is 0 Å². The molecular weight excluding hydrogens is 288 g/mol. The van der Waals surface area contributed by atoms with Crippen LogP contribution in [0.5, 0.6) is 0 Å². The lowest BCUT2D eigenvalue weighted by atomic mass is 9.97. The van der Waals surface area contributed by atoms with Crippen molar-refractivity contribution in [2.45, 2.75) is 13.0 Å². The van der Waals surface area contributed by atoms with Gasteiger partial charge in [0, 0.05) is 5.33 Å². The molecule has 94 valence electrons. The Kier molecular flexibility index (Phi) is 4.97. The van der Waals surface area contributed by atoms with Crippen LogP contribution in [0.15, 0.2) is 54.6 Å². The highest BCUT2D eigenvalue weighted by atomic mass is 79.9. The fourth-order valence-electron chi connectivity index (χ4n) is 2.04. The molecule has 2 aromatic carbocycles. The normalized spacial score (nSPS) is 12.3. The Bertz CT molecular complexity index is 481. The topological polar surface area (TPSA) is 9.23 Å². The Morgan fingerprint density at radius 2 is 1.67 bits per heavy atom. The maximum atomic E-state index is 6.00. The molecule has 0 aromatic heterocycles. The van der Waals surface area contributed by atoms with E-state index in [0.717, 1.165) is 5.33 Å². The van der Waals surface area contributed by atoms with Crippen molar-refractivity contribution in [2.75, 3.05) is 11.9 Å². The maximum absolute atomic E-state index is 6.00. The zero-order valence-corrected chi connectivity index (χ0v) is 12.1. The third-order valence-corrected chi connectivity index (χ3v) is 3.26. The molecule has 0 aliphatic heterocycles. The first-order chi connectivity index (χ1) is 8.83. The van der Waals surface area contributed by atoms with Crippen molar-refractivity contribution in [3.8, 4) is 0 Å². The molecule has 1 atom stereocenters. The van der Waals surface area contributed by atoms with Crippen LogP contribution in [0.25, 0.3) is 0 Å². The van der Waals surface area contributed by atoms with Gasteiger partial charge in [-0.15, -0.1) is 0 Å². The highest BCUT2D eigenvalue weighted by Crippen LogP contribution is 2.28. The van der Waals surface area contributed by atoms with Crippen molar-refractivity contribution in [3.05, 3.63) is 71.3 Å². The average molecular weight is 305 g/mol. The second-order valence-electron chi connectivity index (χ2n) is 4.21. The summed E-state index contributed by atoms with van der Waals surface area (Å²) in [5.41, 5.74) is 3.71. The molecule has 2 heteroatoms. The van der Waals surface area contributed by atoms with Crippen LogP contribution in [0.2, 0.25) is 0 Å². The third-order valence-electron chi connectivity index (χ3n) is 2.93. The van der Waals surface area contributed by atoms with Crippen LogP contribution in [-0.4, -0.2) is 11.9 Å². The van der Waals surface area contributed by atoms with Crippen molar-refractivity contribution in [1.82, 2.24) is 0 Å². The summed E-state index contributed by atoms with van der Waals surface area (Å²) in [6.07, 6.45) is 0.0185. The van der Waals surface area contributed by atoms with Gasteiger partial charge in [0.25, 0.3) is 0 Å². The van der Waals surface area contributed by atoms with E-state index < -0.39 is 0 Å². The van der Waals surface area contributed by atoms with E-state index in [2.05, 4.69) is 71.4 Å². The fraction of sp³-hybridized carbons (Fsp3) is 0.250. The number of rotatable bonds is 5. The van der Waals surface area contributed by atoms with Crippen molar-refractivity contribution in [3.63, 3.8) is 0 Å². The summed E-state index contributed by atoms with van der Waals surface area (Å²) in [5, 5.41) is 0.849. The molecule has 18 heavy (non-hydrogen) atoms. The lowest BCUT2D eigenvalue weighted by molar-refractivity contribution is 0.0936. The van der Waals surface area contributed by atoms with Gasteiger partial charge in [-0.05, 0) is 23.6 Å². The Morgan fingerprint density at radius 1 is 1.00 bits per heavy atom. The molecule has 2 aromatic rings. The standard InChI is InChI=1S/C16H17BrO/c1-13-7-5-6-10-15(13)16(18-12-11-17)14-8-3-2-4-9-14/h2-10,16H,11-12H2,1H3. The van der Waals surface area contributed by atoms with Gasteiger partial charge >= 0.3 is 0 Å². The van der Waals surface area contributed by atoms with Gasteiger partial charge in [0.1, 0.15) is 6.10 Å². The second kappa shape index (κ2) is 6.72. The van der Waals surface area contributed by atoms with Crippen LogP contribution >= 0.6 is 15.9 Å². The van der Waals surface area contributed by atoms with Gasteiger partial charge in [-0.1, -0.05) is 70.5 Å². The number of hydrogen-bond donors (Lipinski definition) is 0. The Hall–Kier alpha value is -1.12. The SMILES string of the molecule is Cc1ccccc1C(OCCBr)c1ccccc1. The zero-order valence-electron chi connectivity index (χ0n) is 10.5. The van der Waals surface area contributed by atoms with Crippen LogP contribution in [-0.2, 0) is 4.74 Å². The number of hydrogen-bond acceptors (Lipinski definition) is 1. The smallest absolute Gasteiger partial charge is 0.108 e. The van der Waals surface area contributed by atoms with Gasteiger partial charge in [-0.25, -0.2) is 0 Å². The third kappa shape index (κ3) is 3.21. The highest BCUT2D eigenvalue weighted by molar-refractivity contribution is 9.09. The quantitative estimate of drug-likeness (QED) is 0.739. The summed E-state index contributed by atoms with van der Waals surface area (Å²) >= 11 is 3.42. The van der Waals surface area contributed by atoms with E-state index in [0.29, 0.717) is 6.61 Å². The summed E-state index contributed by atoms with van der Waals surface area (Å²) in [5.74, 6) is 0.